The highest BCUT2D eigenvalue weighted by molar-refractivity contribution is 7.90. The smallest absolute Gasteiger partial charge is 0.310 e. The molecule has 1 saturated heterocycles. The Balaban J connectivity index is 2.39. The highest BCUT2D eigenvalue weighted by Gasteiger charge is 2.45. The Bertz CT molecular complexity index is 864. The Kier molecular flexibility index (Phi) is 4.29. The summed E-state index contributed by atoms with van der Waals surface area (Å²) in [4.78, 5) is 10.2. The van der Waals surface area contributed by atoms with Crippen LogP contribution in [0, 0.1) is 11.2 Å². The van der Waals surface area contributed by atoms with Crippen molar-refractivity contribution < 1.29 is 31.1 Å². The van der Waals surface area contributed by atoms with Gasteiger partial charge in [-0.2, -0.15) is 4.31 Å². The van der Waals surface area contributed by atoms with E-state index in [9.17, 15) is 26.0 Å². The van der Waals surface area contributed by atoms with E-state index in [-0.39, 0.29) is 19.5 Å². The lowest BCUT2D eigenvalue weighted by molar-refractivity contribution is -0.146. The largest absolute Gasteiger partial charge is 0.481 e. The van der Waals surface area contributed by atoms with Crippen LogP contribution in [-0.4, -0.2) is 51.6 Å². The van der Waals surface area contributed by atoms with E-state index in [0.29, 0.717) is 6.07 Å². The Morgan fingerprint density at radius 2 is 1.91 bits per heavy atom. The fourth-order valence-electron chi connectivity index (χ4n) is 2.39. The third kappa shape index (κ3) is 3.24. The monoisotopic (exact) mass is 365 g/mol. The van der Waals surface area contributed by atoms with E-state index in [1.54, 1.807) is 0 Å². The molecule has 7 nitrogen and oxygen atoms in total. The maximum Gasteiger partial charge on any atom is 0.310 e. The molecule has 1 N–H and O–H groups in total. The van der Waals surface area contributed by atoms with Gasteiger partial charge >= 0.3 is 5.97 Å². The molecule has 10 heteroatoms. The van der Waals surface area contributed by atoms with Crippen molar-refractivity contribution in [1.29, 1.82) is 0 Å². The van der Waals surface area contributed by atoms with Crippen molar-refractivity contribution in [3.63, 3.8) is 0 Å². The molecule has 128 valence electrons. The average Bonchev–Trinajstić information content (AvgIpc) is 2.82. The molecule has 1 atom stereocenters. The average molecular weight is 365 g/mol. The van der Waals surface area contributed by atoms with Crippen LogP contribution in [0.25, 0.3) is 0 Å². The molecule has 23 heavy (non-hydrogen) atoms. The fraction of sp³-hybridized carbons (Fsp3) is 0.462. The van der Waals surface area contributed by atoms with Crippen LogP contribution < -0.4 is 0 Å². The van der Waals surface area contributed by atoms with Gasteiger partial charge in [0.15, 0.2) is 9.84 Å². The molecule has 0 spiro atoms. The van der Waals surface area contributed by atoms with Gasteiger partial charge in [-0.3, -0.25) is 4.79 Å². The number of aliphatic carboxylic acids is 1. The zero-order chi connectivity index (χ0) is 17.6. The molecule has 0 amide bonds. The Morgan fingerprint density at radius 3 is 2.35 bits per heavy atom. The molecular formula is C13H16FNO6S2. The van der Waals surface area contributed by atoms with Crippen molar-refractivity contribution in [2.45, 2.75) is 23.1 Å². The normalized spacial score (nSPS) is 23.1. The third-order valence-electron chi connectivity index (χ3n) is 3.90. The topological polar surface area (TPSA) is 109 Å². The van der Waals surface area contributed by atoms with Gasteiger partial charge in [-0.05, 0) is 31.5 Å². The van der Waals surface area contributed by atoms with Crippen LogP contribution in [0.4, 0.5) is 4.39 Å². The maximum atomic E-state index is 13.9. The van der Waals surface area contributed by atoms with Crippen LogP contribution in [0.5, 0.6) is 0 Å². The molecule has 1 heterocycles. The summed E-state index contributed by atoms with van der Waals surface area (Å²) in [7, 11) is -7.90. The molecule has 1 aromatic rings. The lowest BCUT2D eigenvalue weighted by atomic mass is 9.90. The van der Waals surface area contributed by atoms with Gasteiger partial charge in [0.25, 0.3) is 0 Å². The lowest BCUT2D eigenvalue weighted by Crippen LogP contribution is -2.35. The Morgan fingerprint density at radius 1 is 1.30 bits per heavy atom. The van der Waals surface area contributed by atoms with Gasteiger partial charge in [-0.25, -0.2) is 21.2 Å². The molecular weight excluding hydrogens is 349 g/mol. The minimum Gasteiger partial charge on any atom is -0.481 e. The predicted octanol–water partition coefficient (Wildman–Crippen LogP) is 0.714. The number of rotatable bonds is 4. The first kappa shape index (κ1) is 17.8. The first-order chi connectivity index (χ1) is 10.4. The van der Waals surface area contributed by atoms with Gasteiger partial charge in [-0.15, -0.1) is 0 Å². The van der Waals surface area contributed by atoms with Crippen LogP contribution in [0.2, 0.25) is 0 Å². The quantitative estimate of drug-likeness (QED) is 0.842. The first-order valence-corrected chi connectivity index (χ1v) is 9.94. The highest BCUT2D eigenvalue weighted by Crippen LogP contribution is 2.34. The molecule has 1 aromatic carbocycles. The van der Waals surface area contributed by atoms with E-state index in [2.05, 4.69) is 0 Å². The molecule has 2 rings (SSSR count). The van der Waals surface area contributed by atoms with Crippen LogP contribution in [0.3, 0.4) is 0 Å². The van der Waals surface area contributed by atoms with Crippen LogP contribution in [0.1, 0.15) is 13.3 Å². The van der Waals surface area contributed by atoms with E-state index in [0.717, 1.165) is 22.7 Å². The second kappa shape index (κ2) is 5.53. The molecule has 0 saturated carbocycles. The number of sulfone groups is 1. The summed E-state index contributed by atoms with van der Waals surface area (Å²) >= 11 is 0. The van der Waals surface area contributed by atoms with Gasteiger partial charge in [0, 0.05) is 19.3 Å². The van der Waals surface area contributed by atoms with Gasteiger partial charge in [0.2, 0.25) is 10.0 Å². The summed E-state index contributed by atoms with van der Waals surface area (Å²) in [6.45, 7) is 1.22. The summed E-state index contributed by atoms with van der Waals surface area (Å²) in [5.74, 6) is -2.26. The van der Waals surface area contributed by atoms with Gasteiger partial charge in [-0.1, -0.05) is 0 Å². The van der Waals surface area contributed by atoms with Gasteiger partial charge in [0.05, 0.1) is 10.3 Å². The SMILES string of the molecule is CC1(C(=O)O)CCN(S(=O)(=O)c2ccc(S(C)(=O)=O)c(F)c2)C1. The van der Waals surface area contributed by atoms with E-state index in [1.807, 2.05) is 0 Å². The molecule has 1 aliphatic heterocycles. The van der Waals surface area contributed by atoms with E-state index >= 15 is 0 Å². The van der Waals surface area contributed by atoms with Crippen molar-refractivity contribution in [3.05, 3.63) is 24.0 Å². The highest BCUT2D eigenvalue weighted by atomic mass is 32.2. The second-order valence-corrected chi connectivity index (χ2v) is 9.74. The zero-order valence-electron chi connectivity index (χ0n) is 12.5. The lowest BCUT2D eigenvalue weighted by Gasteiger charge is -2.20. The number of nitrogens with zero attached hydrogens (tertiary/aromatic N) is 1. The molecule has 0 aromatic heterocycles. The summed E-state index contributed by atoms with van der Waals surface area (Å²) in [5.41, 5.74) is -1.20. The predicted molar refractivity (Wildman–Crippen MR) is 78.6 cm³/mol. The number of benzene rings is 1. The van der Waals surface area contributed by atoms with Crippen LogP contribution in [0.15, 0.2) is 28.0 Å². The Hall–Kier alpha value is -1.52. The molecule has 1 unspecified atom stereocenters. The van der Waals surface area contributed by atoms with E-state index in [4.69, 9.17) is 5.11 Å². The molecule has 0 bridgehead atoms. The van der Waals surface area contributed by atoms with Crippen molar-refractivity contribution in [3.8, 4) is 0 Å². The number of carbonyl (C=O) groups is 1. The summed E-state index contributed by atoms with van der Waals surface area (Å²) in [6.07, 6.45) is 0.962. The van der Waals surface area contributed by atoms with Crippen LogP contribution in [-0.2, 0) is 24.7 Å². The maximum absolute atomic E-state index is 13.9. The molecule has 1 fully saturated rings. The van der Waals surface area contributed by atoms with Crippen molar-refractivity contribution >= 4 is 25.8 Å². The summed E-state index contributed by atoms with van der Waals surface area (Å²) in [5, 5.41) is 9.15. The minimum atomic E-state index is -4.09. The summed E-state index contributed by atoms with van der Waals surface area (Å²) < 4.78 is 62.5. The number of hydrogen-bond acceptors (Lipinski definition) is 5. The first-order valence-electron chi connectivity index (χ1n) is 6.61. The van der Waals surface area contributed by atoms with Crippen molar-refractivity contribution in [2.24, 2.45) is 5.41 Å². The minimum absolute atomic E-state index is 0.000576. The molecule has 0 aliphatic carbocycles. The van der Waals surface area contributed by atoms with Gasteiger partial charge in [0.1, 0.15) is 10.7 Å². The molecule has 1 aliphatic rings. The van der Waals surface area contributed by atoms with Gasteiger partial charge < -0.3 is 5.11 Å². The van der Waals surface area contributed by atoms with E-state index < -0.39 is 46.9 Å². The zero-order valence-corrected chi connectivity index (χ0v) is 14.1. The van der Waals surface area contributed by atoms with E-state index in [1.165, 1.54) is 6.92 Å². The van der Waals surface area contributed by atoms with Crippen molar-refractivity contribution in [1.82, 2.24) is 4.31 Å². The number of sulfonamides is 1. The van der Waals surface area contributed by atoms with Crippen LogP contribution >= 0.6 is 0 Å². The standard InChI is InChI=1S/C13H16FNO6S2/c1-13(12(16)17)5-6-15(8-13)23(20,21)9-3-4-11(10(14)7-9)22(2,18)19/h3-4,7H,5-6,8H2,1-2H3,(H,16,17). The fourth-order valence-corrected chi connectivity index (χ4v) is 4.70. The summed E-state index contributed by atoms with van der Waals surface area (Å²) in [6, 6.07) is 2.54. The number of carboxylic acids is 1. The number of hydrogen-bond donors (Lipinski definition) is 1. The second-order valence-electron chi connectivity index (χ2n) is 5.82. The van der Waals surface area contributed by atoms with Crippen molar-refractivity contribution in [2.75, 3.05) is 19.3 Å². The third-order valence-corrected chi connectivity index (χ3v) is 6.87. The number of carboxylic acid groups (broad SMARTS) is 1. The number of halogens is 1. The molecule has 0 radical (unpaired) electrons. The Labute approximate surface area is 133 Å².